The van der Waals surface area contributed by atoms with Gasteiger partial charge in [-0.25, -0.2) is 4.79 Å². The number of carboxylic acids is 2. The fourth-order valence-electron chi connectivity index (χ4n) is 0.911. The molecular formula is C9H8O4S. The molecule has 14 heavy (non-hydrogen) atoms. The first-order valence-electron chi connectivity index (χ1n) is 3.80. The van der Waals surface area contributed by atoms with Crippen LogP contribution in [0.25, 0.3) is 6.08 Å². The second-order valence-corrected chi connectivity index (χ2v) is 3.43. The monoisotopic (exact) mass is 212 g/mol. The molecular weight excluding hydrogens is 204 g/mol. The summed E-state index contributed by atoms with van der Waals surface area (Å²) in [6.45, 7) is 0. The normalized spacial score (nSPS) is 10.6. The van der Waals surface area contributed by atoms with Crippen molar-refractivity contribution in [2.75, 3.05) is 0 Å². The van der Waals surface area contributed by atoms with Crippen molar-refractivity contribution in [3.8, 4) is 0 Å². The molecule has 1 rings (SSSR count). The third kappa shape index (κ3) is 2.70. The van der Waals surface area contributed by atoms with Gasteiger partial charge in [0.15, 0.2) is 0 Å². The maximum atomic E-state index is 10.6. The van der Waals surface area contributed by atoms with Gasteiger partial charge in [-0.1, -0.05) is 12.2 Å². The molecule has 4 nitrogen and oxygen atoms in total. The van der Waals surface area contributed by atoms with Crippen molar-refractivity contribution in [3.63, 3.8) is 0 Å². The fraction of sp³-hybridized carbons (Fsp3) is 0.111. The van der Waals surface area contributed by atoms with Gasteiger partial charge in [0.25, 0.3) is 0 Å². The predicted molar refractivity (Wildman–Crippen MR) is 52.6 cm³/mol. The van der Waals surface area contributed by atoms with Crippen molar-refractivity contribution < 1.29 is 19.8 Å². The molecule has 1 heterocycles. The zero-order valence-corrected chi connectivity index (χ0v) is 7.95. The van der Waals surface area contributed by atoms with Crippen molar-refractivity contribution in [2.45, 2.75) is 6.42 Å². The van der Waals surface area contributed by atoms with E-state index < -0.39 is 11.9 Å². The molecule has 0 fully saturated rings. The van der Waals surface area contributed by atoms with Crippen LogP contribution in [0.3, 0.4) is 0 Å². The lowest BCUT2D eigenvalue weighted by Gasteiger charge is -1.90. The van der Waals surface area contributed by atoms with E-state index >= 15 is 0 Å². The molecule has 74 valence electrons. The Labute approximate surface area is 84.1 Å². The molecule has 0 amide bonds. The summed E-state index contributed by atoms with van der Waals surface area (Å²) in [6.07, 6.45) is 2.83. The maximum absolute atomic E-state index is 10.6. The van der Waals surface area contributed by atoms with Crippen LogP contribution in [0.15, 0.2) is 17.5 Å². The molecule has 1 aromatic rings. The average molecular weight is 212 g/mol. The zero-order chi connectivity index (χ0) is 10.6. The number of aliphatic carboxylic acids is 1. The van der Waals surface area contributed by atoms with Crippen molar-refractivity contribution in [1.82, 2.24) is 0 Å². The highest BCUT2D eigenvalue weighted by Crippen LogP contribution is 2.18. The van der Waals surface area contributed by atoms with Crippen LogP contribution < -0.4 is 0 Å². The van der Waals surface area contributed by atoms with Crippen LogP contribution in [-0.2, 0) is 4.79 Å². The minimum Gasteiger partial charge on any atom is -0.481 e. The summed E-state index contributed by atoms with van der Waals surface area (Å²) in [5.74, 6) is -1.93. The molecule has 0 aliphatic carbocycles. The minimum atomic E-state index is -0.991. The number of thiophene rings is 1. The average Bonchev–Trinajstić information content (AvgIpc) is 2.51. The molecule has 0 unspecified atom stereocenters. The van der Waals surface area contributed by atoms with Crippen LogP contribution in [-0.4, -0.2) is 22.2 Å². The quantitative estimate of drug-likeness (QED) is 0.799. The smallest absolute Gasteiger partial charge is 0.346 e. The third-order valence-electron chi connectivity index (χ3n) is 1.48. The number of carboxylic acid groups (broad SMARTS) is 2. The molecule has 0 aliphatic heterocycles. The van der Waals surface area contributed by atoms with E-state index in [-0.39, 0.29) is 11.3 Å². The van der Waals surface area contributed by atoms with E-state index in [1.807, 2.05) is 0 Å². The van der Waals surface area contributed by atoms with E-state index in [1.54, 1.807) is 11.4 Å². The van der Waals surface area contributed by atoms with E-state index in [2.05, 4.69) is 0 Å². The predicted octanol–water partition coefficient (Wildman–Crippen LogP) is 1.93. The molecule has 1 aromatic heterocycles. The van der Waals surface area contributed by atoms with Crippen molar-refractivity contribution >= 4 is 29.4 Å². The van der Waals surface area contributed by atoms with Gasteiger partial charge < -0.3 is 10.2 Å². The number of aromatic carboxylic acids is 1. The highest BCUT2D eigenvalue weighted by molar-refractivity contribution is 7.12. The standard InChI is InChI=1S/C9H8O4S/c10-7(11)3-1-2-6-4-5-14-8(6)9(12)13/h1-2,4-5H,3H2,(H,10,11)(H,12,13). The lowest BCUT2D eigenvalue weighted by Crippen LogP contribution is -1.94. The van der Waals surface area contributed by atoms with Gasteiger partial charge in [0.1, 0.15) is 4.88 Å². The Morgan fingerprint density at radius 3 is 2.71 bits per heavy atom. The first-order chi connectivity index (χ1) is 6.61. The lowest BCUT2D eigenvalue weighted by atomic mass is 10.2. The van der Waals surface area contributed by atoms with Gasteiger partial charge in [-0.2, -0.15) is 0 Å². The molecule has 5 heteroatoms. The van der Waals surface area contributed by atoms with E-state index in [1.165, 1.54) is 12.2 Å². The van der Waals surface area contributed by atoms with Crippen molar-refractivity contribution in [3.05, 3.63) is 28.0 Å². The van der Waals surface area contributed by atoms with E-state index in [4.69, 9.17) is 10.2 Å². The summed E-state index contributed by atoms with van der Waals surface area (Å²) in [6, 6.07) is 1.65. The van der Waals surface area contributed by atoms with Crippen molar-refractivity contribution in [1.29, 1.82) is 0 Å². The van der Waals surface area contributed by atoms with E-state index in [0.717, 1.165) is 11.3 Å². The Bertz CT molecular complexity index is 378. The molecule has 0 aliphatic rings. The summed E-state index contributed by atoms with van der Waals surface area (Å²) in [5.41, 5.74) is 0.545. The van der Waals surface area contributed by atoms with Crippen LogP contribution in [0.2, 0.25) is 0 Å². The molecule has 0 spiro atoms. The van der Waals surface area contributed by atoms with E-state index in [0.29, 0.717) is 5.56 Å². The highest BCUT2D eigenvalue weighted by Gasteiger charge is 2.08. The Morgan fingerprint density at radius 1 is 1.43 bits per heavy atom. The van der Waals surface area contributed by atoms with Gasteiger partial charge in [0, 0.05) is 0 Å². The van der Waals surface area contributed by atoms with Gasteiger partial charge >= 0.3 is 11.9 Å². The number of hydrogen-bond acceptors (Lipinski definition) is 3. The summed E-state index contributed by atoms with van der Waals surface area (Å²) in [4.78, 5) is 21.1. The Kier molecular flexibility index (Phi) is 3.41. The fourth-order valence-corrected chi connectivity index (χ4v) is 1.63. The molecule has 0 aromatic carbocycles. The van der Waals surface area contributed by atoms with Gasteiger partial charge in [0.05, 0.1) is 6.42 Å². The van der Waals surface area contributed by atoms with Gasteiger partial charge in [0.2, 0.25) is 0 Å². The molecule has 0 atom stereocenters. The summed E-state index contributed by atoms with van der Waals surface area (Å²) in [5, 5.41) is 18.7. The van der Waals surface area contributed by atoms with Crippen LogP contribution in [0.4, 0.5) is 0 Å². The number of hydrogen-bond donors (Lipinski definition) is 2. The lowest BCUT2D eigenvalue weighted by molar-refractivity contribution is -0.135. The molecule has 2 N–H and O–H groups in total. The Morgan fingerprint density at radius 2 is 2.14 bits per heavy atom. The Hall–Kier alpha value is -1.62. The maximum Gasteiger partial charge on any atom is 0.346 e. The Balaban J connectivity index is 2.76. The minimum absolute atomic E-state index is 0.102. The van der Waals surface area contributed by atoms with Crippen LogP contribution in [0.5, 0.6) is 0 Å². The SMILES string of the molecule is O=C(O)CC=Cc1ccsc1C(=O)O. The topological polar surface area (TPSA) is 74.6 Å². The highest BCUT2D eigenvalue weighted by atomic mass is 32.1. The van der Waals surface area contributed by atoms with Gasteiger partial charge in [-0.15, -0.1) is 11.3 Å². The van der Waals surface area contributed by atoms with Gasteiger partial charge in [-0.05, 0) is 17.0 Å². The largest absolute Gasteiger partial charge is 0.481 e. The van der Waals surface area contributed by atoms with Crippen LogP contribution in [0, 0.1) is 0 Å². The second kappa shape index (κ2) is 4.57. The molecule has 0 saturated carbocycles. The summed E-state index contributed by atoms with van der Waals surface area (Å²) < 4.78 is 0. The summed E-state index contributed by atoms with van der Waals surface area (Å²) in [7, 11) is 0. The molecule has 0 radical (unpaired) electrons. The van der Waals surface area contributed by atoms with E-state index in [9.17, 15) is 9.59 Å². The van der Waals surface area contributed by atoms with Crippen LogP contribution >= 0.6 is 11.3 Å². The molecule has 0 saturated heterocycles. The first-order valence-corrected chi connectivity index (χ1v) is 4.68. The van der Waals surface area contributed by atoms with Gasteiger partial charge in [-0.3, -0.25) is 4.79 Å². The third-order valence-corrected chi connectivity index (χ3v) is 2.40. The molecule has 0 bridgehead atoms. The number of rotatable bonds is 4. The second-order valence-electron chi connectivity index (χ2n) is 2.51. The summed E-state index contributed by atoms with van der Waals surface area (Å²) >= 11 is 1.12. The van der Waals surface area contributed by atoms with Crippen molar-refractivity contribution in [2.24, 2.45) is 0 Å². The zero-order valence-electron chi connectivity index (χ0n) is 7.14. The number of carbonyl (C=O) groups is 2. The van der Waals surface area contributed by atoms with Crippen LogP contribution in [0.1, 0.15) is 21.7 Å². The first kappa shape index (κ1) is 10.5.